The molecule has 2 N–H and O–H groups in total. The fourth-order valence-corrected chi connectivity index (χ4v) is 5.47. The lowest BCUT2D eigenvalue weighted by Gasteiger charge is -2.29. The van der Waals surface area contributed by atoms with Crippen molar-refractivity contribution < 1.29 is 51.9 Å². The number of esters is 2. The minimum atomic E-state index is -4.11. The first-order valence-electron chi connectivity index (χ1n) is 15.8. The first-order chi connectivity index (χ1) is 21.9. The van der Waals surface area contributed by atoms with E-state index in [-0.39, 0.29) is 50.9 Å². The Labute approximate surface area is 268 Å². The summed E-state index contributed by atoms with van der Waals surface area (Å²) >= 11 is 0. The van der Waals surface area contributed by atoms with Crippen LogP contribution in [0.25, 0.3) is 11.1 Å². The van der Waals surface area contributed by atoms with E-state index in [0.717, 1.165) is 48.8 Å². The smallest absolute Gasteiger partial charge is 0.389 e. The Morgan fingerprint density at radius 1 is 0.935 bits per heavy atom. The molecule has 0 aliphatic heterocycles. The van der Waals surface area contributed by atoms with Crippen LogP contribution in [0.2, 0.25) is 0 Å². The number of hydrogen-bond donors (Lipinski definition) is 2. The highest BCUT2D eigenvalue weighted by Gasteiger charge is 2.30. The Hall–Kier alpha value is -3.57. The second-order valence-electron chi connectivity index (χ2n) is 11.7. The van der Waals surface area contributed by atoms with Crippen molar-refractivity contribution in [3.63, 3.8) is 0 Å². The van der Waals surface area contributed by atoms with Crippen molar-refractivity contribution in [2.45, 2.75) is 70.9 Å². The summed E-state index contributed by atoms with van der Waals surface area (Å²) in [5.41, 5.74) is 4.02. The van der Waals surface area contributed by atoms with Gasteiger partial charge in [-0.05, 0) is 91.7 Å². The van der Waals surface area contributed by atoms with Gasteiger partial charge in [0.2, 0.25) is 0 Å². The first kappa shape index (κ1) is 36.9. The summed E-state index contributed by atoms with van der Waals surface area (Å²) in [6.07, 6.45) is -0.565. The van der Waals surface area contributed by atoms with E-state index in [1.165, 1.54) is 5.56 Å². The highest BCUT2D eigenvalue weighted by molar-refractivity contribution is 5.87. The Bertz CT molecular complexity index is 1300. The number of ether oxygens (including phenoxy) is 4. The van der Waals surface area contributed by atoms with E-state index in [1.54, 1.807) is 13.0 Å². The number of carbonyl (C=O) groups excluding carboxylic acids is 2. The summed E-state index contributed by atoms with van der Waals surface area (Å²) in [4.78, 5) is 23.7. The zero-order valence-corrected chi connectivity index (χ0v) is 26.6. The molecule has 2 aromatic carbocycles. The number of alkyl halides is 3. The quantitative estimate of drug-likeness (QED) is 0.113. The molecular weight excluding hydrogens is 605 g/mol. The fourth-order valence-electron chi connectivity index (χ4n) is 5.47. The Morgan fingerprint density at radius 3 is 2.13 bits per heavy atom. The van der Waals surface area contributed by atoms with Crippen LogP contribution >= 0.6 is 0 Å². The zero-order valence-electron chi connectivity index (χ0n) is 26.6. The molecule has 0 amide bonds. The maximum Gasteiger partial charge on any atom is 0.389 e. The van der Waals surface area contributed by atoms with Gasteiger partial charge in [0.15, 0.2) is 0 Å². The van der Waals surface area contributed by atoms with Gasteiger partial charge in [-0.25, -0.2) is 4.79 Å². The summed E-state index contributed by atoms with van der Waals surface area (Å²) in [5.74, 6) is -0.530. The summed E-state index contributed by atoms with van der Waals surface area (Å²) in [6, 6.07) is 11.7. The lowest BCUT2D eigenvalue weighted by molar-refractivity contribution is -0.150. The summed E-state index contributed by atoms with van der Waals surface area (Å²) < 4.78 is 60.0. The van der Waals surface area contributed by atoms with Crippen molar-refractivity contribution in [3.05, 3.63) is 59.7 Å². The average molecular weight is 651 g/mol. The van der Waals surface area contributed by atoms with Gasteiger partial charge in [0.1, 0.15) is 37.9 Å². The minimum Gasteiger partial charge on any atom is -0.490 e. The van der Waals surface area contributed by atoms with Gasteiger partial charge in [-0.1, -0.05) is 31.7 Å². The number of aryl methyl sites for hydroxylation is 1. The third kappa shape index (κ3) is 11.7. The molecule has 1 unspecified atom stereocenters. The maximum atomic E-state index is 12.7. The van der Waals surface area contributed by atoms with Crippen LogP contribution in [0, 0.1) is 11.8 Å². The van der Waals surface area contributed by atoms with Gasteiger partial charge in [-0.2, -0.15) is 13.2 Å². The van der Waals surface area contributed by atoms with Crippen molar-refractivity contribution in [1.29, 1.82) is 0 Å². The number of aliphatic hydroxyl groups excluding tert-OH is 2. The molecule has 0 spiro atoms. The van der Waals surface area contributed by atoms with Crippen molar-refractivity contribution in [1.82, 2.24) is 0 Å². The second-order valence-corrected chi connectivity index (χ2v) is 11.7. The van der Waals surface area contributed by atoms with E-state index in [0.29, 0.717) is 17.4 Å². The van der Waals surface area contributed by atoms with E-state index in [9.17, 15) is 22.8 Å². The van der Waals surface area contributed by atoms with Gasteiger partial charge in [-0.15, -0.1) is 0 Å². The van der Waals surface area contributed by atoms with Crippen molar-refractivity contribution in [3.8, 4) is 22.6 Å². The molecule has 0 saturated heterocycles. The van der Waals surface area contributed by atoms with Crippen LogP contribution < -0.4 is 9.47 Å². The SMILES string of the molecule is C=C(CO)C(=O)OCCOc1cc(OCCOC(=O)C(C)CO)cc(-c2ccc(C3CCC(CCC(F)(F)F)CC3)cc2CC)c1. The third-order valence-electron chi connectivity index (χ3n) is 8.19. The number of aliphatic hydroxyl groups is 2. The van der Waals surface area contributed by atoms with Gasteiger partial charge in [0.05, 0.1) is 24.7 Å². The molecule has 3 rings (SSSR count). The van der Waals surface area contributed by atoms with Crippen LogP contribution in [0.5, 0.6) is 11.5 Å². The lowest BCUT2D eigenvalue weighted by Crippen LogP contribution is -2.20. The standard InChI is InChI=1S/C35H45F3O8/c1-4-26-17-28(27-7-5-25(6-8-27)11-12-35(36,37)38)9-10-32(26)29-18-30(43-13-15-45-33(41)23(2)21-39)20-31(19-29)44-14-16-46-34(42)24(3)22-40/h9-10,17-20,24-25,27,39-40H,2,4-8,11-16,21-22H2,1,3H3. The zero-order chi connectivity index (χ0) is 33.7. The summed E-state index contributed by atoms with van der Waals surface area (Å²) in [6.45, 7) is 6.27. The normalized spacial score (nSPS) is 17.2. The predicted molar refractivity (Wildman–Crippen MR) is 167 cm³/mol. The van der Waals surface area contributed by atoms with Crippen molar-refractivity contribution in [2.24, 2.45) is 11.8 Å². The first-order valence-corrected chi connectivity index (χ1v) is 15.8. The van der Waals surface area contributed by atoms with Gasteiger partial charge in [-0.3, -0.25) is 4.79 Å². The molecule has 8 nitrogen and oxygen atoms in total. The largest absolute Gasteiger partial charge is 0.490 e. The van der Waals surface area contributed by atoms with Crippen molar-refractivity contribution >= 4 is 11.9 Å². The minimum absolute atomic E-state index is 0.0123. The molecule has 1 saturated carbocycles. The second kappa shape index (κ2) is 17.9. The molecule has 1 atom stereocenters. The highest BCUT2D eigenvalue weighted by atomic mass is 19.4. The van der Waals surface area contributed by atoms with E-state index < -0.39 is 37.1 Å². The Morgan fingerprint density at radius 2 is 1.57 bits per heavy atom. The molecule has 11 heteroatoms. The van der Waals surface area contributed by atoms with E-state index in [1.807, 2.05) is 18.2 Å². The van der Waals surface area contributed by atoms with E-state index in [2.05, 4.69) is 25.6 Å². The number of rotatable bonds is 17. The molecule has 0 aromatic heterocycles. The third-order valence-corrected chi connectivity index (χ3v) is 8.19. The highest BCUT2D eigenvalue weighted by Crippen LogP contribution is 2.41. The van der Waals surface area contributed by atoms with Crippen molar-refractivity contribution in [2.75, 3.05) is 39.6 Å². The number of carbonyl (C=O) groups is 2. The lowest BCUT2D eigenvalue weighted by atomic mass is 9.76. The van der Waals surface area contributed by atoms with E-state index in [4.69, 9.17) is 29.2 Å². The molecule has 1 aliphatic carbocycles. The summed E-state index contributed by atoms with van der Waals surface area (Å²) in [7, 11) is 0. The van der Waals surface area contributed by atoms with Crippen LogP contribution in [0.4, 0.5) is 13.2 Å². The molecule has 2 aromatic rings. The van der Waals surface area contributed by atoms with Crippen LogP contribution in [0.15, 0.2) is 48.6 Å². The van der Waals surface area contributed by atoms with Crippen LogP contribution in [-0.4, -0.2) is 68.0 Å². The molecule has 0 heterocycles. The van der Waals surface area contributed by atoms with Gasteiger partial charge >= 0.3 is 18.1 Å². The molecule has 1 fully saturated rings. The average Bonchev–Trinajstić information content (AvgIpc) is 3.06. The van der Waals surface area contributed by atoms with Gasteiger partial charge in [0.25, 0.3) is 0 Å². The Kier molecular flexibility index (Phi) is 14.4. The van der Waals surface area contributed by atoms with E-state index >= 15 is 0 Å². The number of benzene rings is 2. The maximum absolute atomic E-state index is 12.7. The summed E-state index contributed by atoms with van der Waals surface area (Å²) in [5, 5.41) is 18.2. The molecule has 46 heavy (non-hydrogen) atoms. The van der Waals surface area contributed by atoms with Gasteiger partial charge < -0.3 is 29.2 Å². The fraction of sp³-hybridized carbons (Fsp3) is 0.543. The predicted octanol–water partition coefficient (Wildman–Crippen LogP) is 6.55. The molecule has 0 bridgehead atoms. The van der Waals surface area contributed by atoms with Crippen LogP contribution in [0.3, 0.4) is 0 Å². The van der Waals surface area contributed by atoms with Crippen LogP contribution in [0.1, 0.15) is 69.4 Å². The Balaban J connectivity index is 1.74. The molecule has 1 aliphatic rings. The van der Waals surface area contributed by atoms with Crippen LogP contribution in [-0.2, 0) is 25.5 Å². The topological polar surface area (TPSA) is 112 Å². The molecule has 0 radical (unpaired) electrons. The van der Waals surface area contributed by atoms with Gasteiger partial charge in [0, 0.05) is 12.5 Å². The number of halogens is 3. The number of hydrogen-bond acceptors (Lipinski definition) is 8. The molecule has 254 valence electrons. The monoisotopic (exact) mass is 650 g/mol. The molecular formula is C35H45F3O8.